The number of amides is 1. The first-order chi connectivity index (χ1) is 29.8. The van der Waals surface area contributed by atoms with Crippen LogP contribution in [-0.2, 0) is 14.3 Å². The average molecular weight is 860 g/mol. The number of aliphatic hydroxyl groups is 5. The van der Waals surface area contributed by atoms with Crippen molar-refractivity contribution in [3.63, 3.8) is 0 Å². The third-order valence-corrected chi connectivity index (χ3v) is 11.6. The average Bonchev–Trinajstić information content (AvgIpc) is 3.26. The lowest BCUT2D eigenvalue weighted by Gasteiger charge is -2.40. The lowest BCUT2D eigenvalue weighted by Crippen LogP contribution is -2.60. The number of ether oxygens (including phenoxy) is 2. The second-order valence-electron chi connectivity index (χ2n) is 17.2. The quantitative estimate of drug-likeness (QED) is 0.0263. The van der Waals surface area contributed by atoms with Crippen LogP contribution in [0.2, 0.25) is 0 Å². The molecule has 0 aliphatic carbocycles. The molecule has 1 fully saturated rings. The van der Waals surface area contributed by atoms with E-state index in [1.807, 2.05) is 6.08 Å². The molecule has 1 heterocycles. The highest BCUT2D eigenvalue weighted by atomic mass is 16.7. The van der Waals surface area contributed by atoms with E-state index in [4.69, 9.17) is 9.47 Å². The van der Waals surface area contributed by atoms with Crippen molar-refractivity contribution in [1.29, 1.82) is 0 Å². The maximum absolute atomic E-state index is 13.0. The van der Waals surface area contributed by atoms with Gasteiger partial charge in [0.25, 0.3) is 0 Å². The lowest BCUT2D eigenvalue weighted by atomic mass is 9.99. The monoisotopic (exact) mass is 860 g/mol. The third-order valence-electron chi connectivity index (χ3n) is 11.6. The molecule has 354 valence electrons. The molecule has 6 N–H and O–H groups in total. The van der Waals surface area contributed by atoms with Gasteiger partial charge < -0.3 is 40.3 Å². The van der Waals surface area contributed by atoms with Crippen molar-refractivity contribution >= 4 is 5.91 Å². The number of rotatable bonds is 41. The van der Waals surface area contributed by atoms with E-state index in [9.17, 15) is 30.3 Å². The molecule has 0 spiro atoms. The van der Waals surface area contributed by atoms with Gasteiger partial charge in [-0.1, -0.05) is 197 Å². The molecule has 0 aromatic heterocycles. The van der Waals surface area contributed by atoms with Gasteiger partial charge in [-0.2, -0.15) is 0 Å². The maximum Gasteiger partial charge on any atom is 0.220 e. The summed E-state index contributed by atoms with van der Waals surface area (Å²) in [5.74, 6) is -0.198. The first-order valence-corrected chi connectivity index (χ1v) is 25.0. The van der Waals surface area contributed by atoms with Crippen molar-refractivity contribution in [3.05, 3.63) is 60.8 Å². The van der Waals surface area contributed by atoms with Crippen molar-refractivity contribution in [2.75, 3.05) is 13.2 Å². The fourth-order valence-electron chi connectivity index (χ4n) is 7.60. The zero-order chi connectivity index (χ0) is 44.4. The highest BCUT2D eigenvalue weighted by Gasteiger charge is 2.44. The van der Waals surface area contributed by atoms with Gasteiger partial charge in [0, 0.05) is 6.42 Å². The Hall–Kier alpha value is -2.11. The summed E-state index contributed by atoms with van der Waals surface area (Å²) >= 11 is 0. The molecule has 0 bridgehead atoms. The Balaban J connectivity index is 2.34. The van der Waals surface area contributed by atoms with Crippen LogP contribution in [-0.4, -0.2) is 87.5 Å². The van der Waals surface area contributed by atoms with Crippen LogP contribution in [0.1, 0.15) is 206 Å². The van der Waals surface area contributed by atoms with Gasteiger partial charge in [0.2, 0.25) is 5.91 Å². The van der Waals surface area contributed by atoms with Crippen LogP contribution in [0.4, 0.5) is 0 Å². The minimum Gasteiger partial charge on any atom is -0.394 e. The number of hydrogen-bond acceptors (Lipinski definition) is 8. The Morgan fingerprint density at radius 2 is 1.03 bits per heavy atom. The fourth-order valence-corrected chi connectivity index (χ4v) is 7.60. The predicted octanol–water partition coefficient (Wildman–Crippen LogP) is 11.2. The lowest BCUT2D eigenvalue weighted by molar-refractivity contribution is -0.302. The van der Waals surface area contributed by atoms with Crippen molar-refractivity contribution in [2.24, 2.45) is 0 Å². The SMILES string of the molecule is CC/C=C\C/C=C\C/C=C\CCCCCCCCCC(=O)NC(COC1OC(CO)C(O)C(O)C1O)C(O)/C=C/CC/C=C/CCCCCCCCCCCCCCCCC. The number of hydrogen-bond donors (Lipinski definition) is 6. The molecule has 1 amide bonds. The first kappa shape index (κ1) is 56.9. The molecule has 0 aromatic rings. The Morgan fingerprint density at radius 3 is 1.57 bits per heavy atom. The van der Waals surface area contributed by atoms with E-state index in [-0.39, 0.29) is 12.5 Å². The van der Waals surface area contributed by atoms with Crippen LogP contribution in [0.15, 0.2) is 60.8 Å². The Bertz CT molecular complexity index is 1140. The molecule has 9 nitrogen and oxygen atoms in total. The summed E-state index contributed by atoms with van der Waals surface area (Å²) in [6.07, 6.45) is 48.4. The molecule has 9 heteroatoms. The van der Waals surface area contributed by atoms with Gasteiger partial charge in [0.15, 0.2) is 6.29 Å². The summed E-state index contributed by atoms with van der Waals surface area (Å²) in [5.41, 5.74) is 0. The first-order valence-electron chi connectivity index (χ1n) is 25.0. The van der Waals surface area contributed by atoms with E-state index in [2.05, 4.69) is 67.8 Å². The van der Waals surface area contributed by atoms with E-state index < -0.39 is 49.5 Å². The topological polar surface area (TPSA) is 149 Å². The highest BCUT2D eigenvalue weighted by molar-refractivity contribution is 5.76. The normalized spacial score (nSPS) is 20.9. The summed E-state index contributed by atoms with van der Waals surface area (Å²) < 4.78 is 11.2. The van der Waals surface area contributed by atoms with Gasteiger partial charge in [-0.05, 0) is 64.2 Å². The summed E-state index contributed by atoms with van der Waals surface area (Å²) in [6, 6.07) is -0.829. The molecule has 1 aliphatic heterocycles. The molecule has 1 rings (SSSR count). The standard InChI is InChI=1S/C52H93NO8/c1-3-5-7-9-11-13-15-17-19-21-22-23-24-26-27-29-31-33-35-37-39-41-46(55)45(44-60-52-51(59)50(58)49(57)47(43-54)61-52)53-48(56)42-40-38-36-34-32-30-28-25-20-18-16-14-12-10-8-6-4-2/h6,8,12,14,18,20,31,33,39,41,45-47,49-52,54-55,57-59H,3-5,7,9-11,13,15-17,19,21-30,32,34-38,40,42-44H2,1-2H3,(H,53,56)/b8-6-,14-12-,20-18-,33-31+,41-39+. The number of allylic oxidation sites excluding steroid dienone is 9. The number of nitrogens with one attached hydrogen (secondary N) is 1. The van der Waals surface area contributed by atoms with Gasteiger partial charge in [-0.25, -0.2) is 0 Å². The van der Waals surface area contributed by atoms with Crippen LogP contribution < -0.4 is 5.32 Å². The van der Waals surface area contributed by atoms with E-state index in [1.165, 1.54) is 116 Å². The predicted molar refractivity (Wildman–Crippen MR) is 253 cm³/mol. The number of unbranched alkanes of at least 4 members (excludes halogenated alkanes) is 23. The summed E-state index contributed by atoms with van der Waals surface area (Å²) in [7, 11) is 0. The maximum atomic E-state index is 13.0. The van der Waals surface area contributed by atoms with Crippen LogP contribution in [0.3, 0.4) is 0 Å². The molecular weight excluding hydrogens is 767 g/mol. The van der Waals surface area contributed by atoms with Crippen LogP contribution >= 0.6 is 0 Å². The number of carbonyl (C=O) groups is 1. The van der Waals surface area contributed by atoms with Gasteiger partial charge in [-0.3, -0.25) is 4.79 Å². The van der Waals surface area contributed by atoms with E-state index in [1.54, 1.807) is 6.08 Å². The van der Waals surface area contributed by atoms with Crippen LogP contribution in [0.5, 0.6) is 0 Å². The van der Waals surface area contributed by atoms with Crippen molar-refractivity contribution < 1.29 is 39.8 Å². The Kier molecular flexibility index (Phi) is 39.1. The molecule has 1 aliphatic rings. The van der Waals surface area contributed by atoms with Gasteiger partial charge in [0.1, 0.15) is 24.4 Å². The van der Waals surface area contributed by atoms with Gasteiger partial charge in [0.05, 0.1) is 25.4 Å². The van der Waals surface area contributed by atoms with Crippen molar-refractivity contribution in [1.82, 2.24) is 5.32 Å². The zero-order valence-electron chi connectivity index (χ0n) is 38.9. The Labute approximate surface area is 373 Å². The van der Waals surface area contributed by atoms with Crippen molar-refractivity contribution in [3.8, 4) is 0 Å². The van der Waals surface area contributed by atoms with E-state index >= 15 is 0 Å². The molecule has 0 radical (unpaired) electrons. The third kappa shape index (κ3) is 32.2. The second-order valence-corrected chi connectivity index (χ2v) is 17.2. The number of carbonyl (C=O) groups excluding carboxylic acids is 1. The summed E-state index contributed by atoms with van der Waals surface area (Å²) in [4.78, 5) is 13.0. The minimum atomic E-state index is -1.58. The fraction of sp³-hybridized carbons (Fsp3) is 0.788. The summed E-state index contributed by atoms with van der Waals surface area (Å²) in [6.45, 7) is 3.64. The number of aliphatic hydroxyl groups excluding tert-OH is 5. The Morgan fingerprint density at radius 1 is 0.574 bits per heavy atom. The zero-order valence-corrected chi connectivity index (χ0v) is 38.9. The van der Waals surface area contributed by atoms with E-state index in [0.717, 1.165) is 70.6 Å². The van der Waals surface area contributed by atoms with Crippen molar-refractivity contribution in [2.45, 2.75) is 249 Å². The largest absolute Gasteiger partial charge is 0.394 e. The molecule has 7 atom stereocenters. The molecular formula is C52H93NO8. The summed E-state index contributed by atoms with van der Waals surface area (Å²) in [5, 5.41) is 54.3. The molecule has 0 aromatic carbocycles. The van der Waals surface area contributed by atoms with Crippen LogP contribution in [0.25, 0.3) is 0 Å². The second kappa shape index (κ2) is 41.9. The molecule has 7 unspecified atom stereocenters. The van der Waals surface area contributed by atoms with E-state index in [0.29, 0.717) is 6.42 Å². The smallest absolute Gasteiger partial charge is 0.220 e. The van der Waals surface area contributed by atoms with Crippen LogP contribution in [0, 0.1) is 0 Å². The highest BCUT2D eigenvalue weighted by Crippen LogP contribution is 2.22. The molecule has 61 heavy (non-hydrogen) atoms. The van der Waals surface area contributed by atoms with Gasteiger partial charge in [-0.15, -0.1) is 0 Å². The minimum absolute atomic E-state index is 0.198. The molecule has 1 saturated heterocycles. The molecule has 0 saturated carbocycles. The van der Waals surface area contributed by atoms with Gasteiger partial charge >= 0.3 is 0 Å².